The highest BCUT2D eigenvalue weighted by Gasteiger charge is 2.33. The average Bonchev–Trinajstić information content (AvgIpc) is 2.69. The van der Waals surface area contributed by atoms with Crippen LogP contribution >= 0.6 is 0 Å². The highest BCUT2D eigenvalue weighted by atomic mass is 15.1. The van der Waals surface area contributed by atoms with Crippen LogP contribution in [0.5, 0.6) is 0 Å². The lowest BCUT2D eigenvalue weighted by Gasteiger charge is -2.32. The van der Waals surface area contributed by atoms with Gasteiger partial charge in [0, 0.05) is 13.2 Å². The Morgan fingerprint density at radius 3 is 2.76 bits per heavy atom. The van der Waals surface area contributed by atoms with Crippen molar-refractivity contribution >= 4 is 11.0 Å². The fraction of sp³-hybridized carbons (Fsp3) is 0.538. The number of nitrogens with zero attached hydrogens (tertiary/aromatic N) is 3. The summed E-state index contributed by atoms with van der Waals surface area (Å²) in [6.07, 6.45) is 9.43. The third-order valence-electron chi connectivity index (χ3n) is 3.87. The van der Waals surface area contributed by atoms with Crippen LogP contribution in [0.4, 0.5) is 0 Å². The van der Waals surface area contributed by atoms with Crippen LogP contribution in [0.25, 0.3) is 11.0 Å². The van der Waals surface area contributed by atoms with Gasteiger partial charge < -0.3 is 10.3 Å². The fourth-order valence-corrected chi connectivity index (χ4v) is 2.89. The number of fused-ring (bicyclic) bond motifs is 1. The molecular formula is C13H18N4. The van der Waals surface area contributed by atoms with Gasteiger partial charge in [0.2, 0.25) is 0 Å². The van der Waals surface area contributed by atoms with Gasteiger partial charge in [-0.1, -0.05) is 19.3 Å². The second-order valence-corrected chi connectivity index (χ2v) is 5.08. The Morgan fingerprint density at radius 2 is 2.06 bits per heavy atom. The molecule has 1 fully saturated rings. The van der Waals surface area contributed by atoms with E-state index in [0.29, 0.717) is 0 Å². The molecule has 4 heteroatoms. The number of aromatic nitrogens is 3. The maximum atomic E-state index is 6.54. The molecule has 2 aromatic heterocycles. The molecule has 1 saturated carbocycles. The van der Waals surface area contributed by atoms with E-state index >= 15 is 0 Å². The van der Waals surface area contributed by atoms with E-state index in [2.05, 4.69) is 9.55 Å². The summed E-state index contributed by atoms with van der Waals surface area (Å²) in [6, 6.07) is 1.95. The van der Waals surface area contributed by atoms with Crippen molar-refractivity contribution in [2.24, 2.45) is 12.8 Å². The van der Waals surface area contributed by atoms with E-state index in [1.807, 2.05) is 19.3 Å². The number of nitrogens with two attached hydrogens (primary N) is 1. The number of rotatable bonds is 1. The summed E-state index contributed by atoms with van der Waals surface area (Å²) in [7, 11) is 2.04. The van der Waals surface area contributed by atoms with Gasteiger partial charge in [0.05, 0.1) is 22.8 Å². The molecule has 0 unspecified atom stereocenters. The van der Waals surface area contributed by atoms with Gasteiger partial charge in [-0.3, -0.25) is 4.98 Å². The quantitative estimate of drug-likeness (QED) is 0.816. The molecule has 1 aliphatic rings. The summed E-state index contributed by atoms with van der Waals surface area (Å²) in [6.45, 7) is 0. The predicted octanol–water partition coefficient (Wildman–Crippen LogP) is 2.09. The normalized spacial score (nSPS) is 19.6. The molecule has 17 heavy (non-hydrogen) atoms. The van der Waals surface area contributed by atoms with Gasteiger partial charge in [0.15, 0.2) is 0 Å². The minimum absolute atomic E-state index is 0.244. The van der Waals surface area contributed by atoms with E-state index in [1.54, 1.807) is 6.20 Å². The molecule has 90 valence electrons. The van der Waals surface area contributed by atoms with Crippen LogP contribution in [0.15, 0.2) is 18.5 Å². The smallest absolute Gasteiger partial charge is 0.129 e. The summed E-state index contributed by atoms with van der Waals surface area (Å²) < 4.78 is 2.10. The van der Waals surface area contributed by atoms with Crippen molar-refractivity contribution in [3.63, 3.8) is 0 Å². The van der Waals surface area contributed by atoms with E-state index in [9.17, 15) is 0 Å². The lowest BCUT2D eigenvalue weighted by molar-refractivity contribution is 0.282. The van der Waals surface area contributed by atoms with Crippen molar-refractivity contribution in [2.45, 2.75) is 37.6 Å². The minimum atomic E-state index is -0.244. The number of aryl methyl sites for hydroxylation is 1. The van der Waals surface area contributed by atoms with Crippen LogP contribution < -0.4 is 5.73 Å². The Morgan fingerprint density at radius 1 is 1.29 bits per heavy atom. The zero-order valence-corrected chi connectivity index (χ0v) is 10.2. The monoisotopic (exact) mass is 230 g/mol. The van der Waals surface area contributed by atoms with E-state index in [4.69, 9.17) is 10.7 Å². The average molecular weight is 230 g/mol. The van der Waals surface area contributed by atoms with Crippen LogP contribution in [0, 0.1) is 0 Å². The predicted molar refractivity (Wildman–Crippen MR) is 67.5 cm³/mol. The summed E-state index contributed by atoms with van der Waals surface area (Å²) in [5.74, 6) is 1.01. The summed E-state index contributed by atoms with van der Waals surface area (Å²) >= 11 is 0. The molecule has 2 aromatic rings. The second kappa shape index (κ2) is 3.81. The van der Waals surface area contributed by atoms with Gasteiger partial charge in [-0.2, -0.15) is 0 Å². The van der Waals surface area contributed by atoms with E-state index in [-0.39, 0.29) is 5.54 Å². The van der Waals surface area contributed by atoms with E-state index < -0.39 is 0 Å². The Balaban J connectivity index is 2.13. The summed E-state index contributed by atoms with van der Waals surface area (Å²) in [4.78, 5) is 8.86. The molecule has 0 bridgehead atoms. The number of imidazole rings is 1. The number of hydrogen-bond donors (Lipinski definition) is 1. The first-order chi connectivity index (χ1) is 8.21. The number of hydrogen-bond acceptors (Lipinski definition) is 3. The zero-order valence-electron chi connectivity index (χ0n) is 10.2. The maximum Gasteiger partial charge on any atom is 0.129 e. The van der Waals surface area contributed by atoms with Gasteiger partial charge >= 0.3 is 0 Å². The first-order valence-corrected chi connectivity index (χ1v) is 6.26. The van der Waals surface area contributed by atoms with Crippen molar-refractivity contribution in [2.75, 3.05) is 0 Å². The van der Waals surface area contributed by atoms with Crippen LogP contribution in [-0.4, -0.2) is 14.5 Å². The molecular weight excluding hydrogens is 212 g/mol. The molecule has 0 spiro atoms. The molecule has 2 N–H and O–H groups in total. The summed E-state index contributed by atoms with van der Waals surface area (Å²) in [5, 5.41) is 0. The second-order valence-electron chi connectivity index (χ2n) is 5.08. The van der Waals surface area contributed by atoms with Gasteiger partial charge in [0.25, 0.3) is 0 Å². The van der Waals surface area contributed by atoms with Crippen LogP contribution in [0.3, 0.4) is 0 Å². The number of pyridine rings is 1. The third-order valence-corrected chi connectivity index (χ3v) is 3.87. The highest BCUT2D eigenvalue weighted by molar-refractivity contribution is 5.74. The molecule has 3 rings (SSSR count). The van der Waals surface area contributed by atoms with E-state index in [0.717, 1.165) is 29.7 Å². The van der Waals surface area contributed by atoms with Crippen molar-refractivity contribution in [1.82, 2.24) is 14.5 Å². The fourth-order valence-electron chi connectivity index (χ4n) is 2.89. The van der Waals surface area contributed by atoms with Crippen molar-refractivity contribution in [3.05, 3.63) is 24.3 Å². The van der Waals surface area contributed by atoms with Crippen molar-refractivity contribution < 1.29 is 0 Å². The van der Waals surface area contributed by atoms with E-state index in [1.165, 1.54) is 19.3 Å². The molecule has 0 saturated heterocycles. The highest BCUT2D eigenvalue weighted by Crippen LogP contribution is 2.35. The standard InChI is InChI=1S/C13H18N4/c1-17-11-9-15-8-5-10(11)16-12(17)13(14)6-3-2-4-7-13/h5,8-9H,2-4,6-7,14H2,1H3. The SMILES string of the molecule is Cn1c(C2(N)CCCCC2)nc2ccncc21. The zero-order chi connectivity index (χ0) is 11.9. The van der Waals surface area contributed by atoms with Gasteiger partial charge in [-0.25, -0.2) is 4.98 Å². The Hall–Kier alpha value is -1.42. The van der Waals surface area contributed by atoms with Gasteiger partial charge in [-0.05, 0) is 18.9 Å². The Labute approximate surface area is 101 Å². The molecule has 0 aliphatic heterocycles. The molecule has 0 amide bonds. The first kappa shape index (κ1) is 10.7. The molecule has 2 heterocycles. The van der Waals surface area contributed by atoms with Gasteiger partial charge in [0.1, 0.15) is 5.82 Å². The molecule has 0 aromatic carbocycles. The van der Waals surface area contributed by atoms with Crippen LogP contribution in [-0.2, 0) is 12.6 Å². The van der Waals surface area contributed by atoms with Crippen molar-refractivity contribution in [1.29, 1.82) is 0 Å². The van der Waals surface area contributed by atoms with Crippen LogP contribution in [0.2, 0.25) is 0 Å². The lowest BCUT2D eigenvalue weighted by Crippen LogP contribution is -2.41. The van der Waals surface area contributed by atoms with Crippen molar-refractivity contribution in [3.8, 4) is 0 Å². The third kappa shape index (κ3) is 1.63. The Kier molecular flexibility index (Phi) is 2.40. The first-order valence-electron chi connectivity index (χ1n) is 6.26. The topological polar surface area (TPSA) is 56.7 Å². The molecule has 1 aliphatic carbocycles. The maximum absolute atomic E-state index is 6.54. The largest absolute Gasteiger partial charge is 0.328 e. The Bertz CT molecular complexity index is 537. The molecule has 0 radical (unpaired) electrons. The lowest BCUT2D eigenvalue weighted by atomic mass is 9.82. The molecule has 0 atom stereocenters. The summed E-state index contributed by atoms with van der Waals surface area (Å²) in [5.41, 5.74) is 8.36. The minimum Gasteiger partial charge on any atom is -0.328 e. The molecule has 4 nitrogen and oxygen atoms in total. The van der Waals surface area contributed by atoms with Gasteiger partial charge in [-0.15, -0.1) is 0 Å². The van der Waals surface area contributed by atoms with Crippen LogP contribution in [0.1, 0.15) is 37.9 Å².